The Kier molecular flexibility index (Phi) is 8.51. The lowest BCUT2D eigenvalue weighted by atomic mass is 10.0. The zero-order valence-electron chi connectivity index (χ0n) is 20.9. The summed E-state index contributed by atoms with van der Waals surface area (Å²) in [5.74, 6) is -0.129. The zero-order valence-corrected chi connectivity index (χ0v) is 21.7. The van der Waals surface area contributed by atoms with E-state index in [0.29, 0.717) is 34.9 Å². The van der Waals surface area contributed by atoms with E-state index >= 15 is 0 Å². The van der Waals surface area contributed by atoms with Crippen LogP contribution in [0, 0.1) is 0 Å². The van der Waals surface area contributed by atoms with Crippen molar-refractivity contribution in [1.82, 2.24) is 15.2 Å². The Morgan fingerprint density at radius 3 is 2.49 bits per heavy atom. The van der Waals surface area contributed by atoms with Gasteiger partial charge in [-0.05, 0) is 72.5 Å². The topological polar surface area (TPSA) is 107 Å². The third-order valence-corrected chi connectivity index (χ3v) is 6.82. The molecule has 0 aliphatic carbocycles. The smallest absolute Gasteiger partial charge is 0.268 e. The van der Waals surface area contributed by atoms with Gasteiger partial charge >= 0.3 is 0 Å². The number of aliphatic hydroxyl groups excluding tert-OH is 2. The molecule has 0 radical (unpaired) electrons. The summed E-state index contributed by atoms with van der Waals surface area (Å²) in [5.41, 5.74) is 4.68. The first-order valence-corrected chi connectivity index (χ1v) is 12.6. The second-order valence-corrected chi connectivity index (χ2v) is 9.80. The second kappa shape index (κ2) is 11.8. The molecule has 0 unspecified atom stereocenters. The maximum absolute atomic E-state index is 12.8. The van der Waals surface area contributed by atoms with Gasteiger partial charge in [0, 0.05) is 47.7 Å². The fraction of sp³-hybridized carbons (Fsp3) is 0.276. The van der Waals surface area contributed by atoms with Gasteiger partial charge in [0.25, 0.3) is 5.91 Å². The van der Waals surface area contributed by atoms with Crippen LogP contribution in [-0.4, -0.2) is 38.4 Å². The molecule has 0 aliphatic rings. The van der Waals surface area contributed by atoms with Crippen molar-refractivity contribution in [2.45, 2.75) is 38.6 Å². The summed E-state index contributed by atoms with van der Waals surface area (Å²) >= 11 is 5.93. The minimum Gasteiger partial charge on any atom is -0.508 e. The number of nitrogens with one attached hydrogen (secondary N) is 2. The highest BCUT2D eigenvalue weighted by Gasteiger charge is 2.15. The molecule has 0 fully saturated rings. The lowest BCUT2D eigenvalue weighted by Gasteiger charge is -2.18. The zero-order chi connectivity index (χ0) is 26.5. The molecule has 1 aromatic heterocycles. The van der Waals surface area contributed by atoms with Crippen LogP contribution in [-0.2, 0) is 26.6 Å². The van der Waals surface area contributed by atoms with Crippen molar-refractivity contribution in [2.75, 3.05) is 6.54 Å². The van der Waals surface area contributed by atoms with E-state index in [1.165, 1.54) is 6.07 Å². The molecule has 4 rings (SSSR count). The molecule has 1 amide bonds. The fourth-order valence-electron chi connectivity index (χ4n) is 4.41. The van der Waals surface area contributed by atoms with Gasteiger partial charge in [0.1, 0.15) is 11.4 Å². The Morgan fingerprint density at radius 1 is 1.03 bits per heavy atom. The number of rotatable bonds is 10. The van der Waals surface area contributed by atoms with Crippen molar-refractivity contribution in [3.8, 4) is 5.75 Å². The number of aliphatic hydroxyl groups is 2. The highest BCUT2D eigenvalue weighted by Crippen LogP contribution is 2.23. The lowest BCUT2D eigenvalue weighted by molar-refractivity contribution is 0.0943. The molecule has 0 bridgehead atoms. The monoisotopic (exact) mass is 521 g/mol. The summed E-state index contributed by atoms with van der Waals surface area (Å²) in [6, 6.07) is 20.3. The Morgan fingerprint density at radius 2 is 1.76 bits per heavy atom. The van der Waals surface area contributed by atoms with Crippen LogP contribution in [0.25, 0.3) is 10.9 Å². The van der Waals surface area contributed by atoms with Crippen molar-refractivity contribution >= 4 is 28.4 Å². The molecule has 4 aromatic rings. The third kappa shape index (κ3) is 6.50. The molecule has 3 aromatic carbocycles. The largest absolute Gasteiger partial charge is 0.508 e. The summed E-state index contributed by atoms with van der Waals surface area (Å²) in [4.78, 5) is 12.8. The number of nitrogens with zero attached hydrogens (tertiary/aromatic N) is 1. The number of fused-ring (bicyclic) bond motifs is 1. The first kappa shape index (κ1) is 26.7. The number of phenols is 1. The highest BCUT2D eigenvalue weighted by atomic mass is 35.5. The molecule has 0 spiro atoms. The first-order chi connectivity index (χ1) is 17.7. The average Bonchev–Trinajstić information content (AvgIpc) is 3.22. The first-order valence-electron chi connectivity index (χ1n) is 12.2. The quantitative estimate of drug-likeness (QED) is 0.215. The number of hydrogen-bond donors (Lipinski definition) is 5. The van der Waals surface area contributed by atoms with Crippen LogP contribution in [0.5, 0.6) is 5.75 Å². The number of hydrogen-bond acceptors (Lipinski definition) is 5. The molecule has 0 saturated carbocycles. The lowest BCUT2D eigenvalue weighted by Crippen LogP contribution is -2.32. The van der Waals surface area contributed by atoms with E-state index in [1.807, 2.05) is 42.8 Å². The van der Waals surface area contributed by atoms with E-state index in [9.17, 15) is 20.1 Å². The number of benzene rings is 3. The summed E-state index contributed by atoms with van der Waals surface area (Å²) in [5, 5.41) is 37.5. The Balaban J connectivity index is 1.36. The third-order valence-electron chi connectivity index (χ3n) is 6.57. The van der Waals surface area contributed by atoms with E-state index in [2.05, 4.69) is 22.8 Å². The summed E-state index contributed by atoms with van der Waals surface area (Å²) in [6.07, 6.45) is -0.0217. The van der Waals surface area contributed by atoms with Gasteiger partial charge in [-0.25, -0.2) is 0 Å². The standard InChI is InChI=1S/C29H32ClN3O4/c1-18(31-16-28(36)21-6-10-27(35)23(13-21)17-34)11-20-5-9-25-22(12-20)14-26(33(25)2)29(37)32-15-19-3-7-24(30)8-4-19/h3-10,12-14,18,28,31,34-36H,11,15-17H2,1-2H3,(H,32,37)/t18-,28+/m1/s1. The Hall–Kier alpha value is -3.36. The predicted octanol–water partition coefficient (Wildman–Crippen LogP) is 4.21. The molecule has 37 heavy (non-hydrogen) atoms. The fourth-order valence-corrected chi connectivity index (χ4v) is 4.54. The van der Waals surface area contributed by atoms with Crippen molar-refractivity contribution in [3.63, 3.8) is 0 Å². The van der Waals surface area contributed by atoms with Gasteiger partial charge in [0.15, 0.2) is 0 Å². The van der Waals surface area contributed by atoms with Gasteiger partial charge in [0.2, 0.25) is 0 Å². The number of halogens is 1. The van der Waals surface area contributed by atoms with Gasteiger partial charge in [-0.15, -0.1) is 0 Å². The molecule has 8 heteroatoms. The predicted molar refractivity (Wildman–Crippen MR) is 146 cm³/mol. The SMILES string of the molecule is C[C@H](Cc1ccc2c(c1)cc(C(=O)NCc1ccc(Cl)cc1)n2C)NC[C@H](O)c1ccc(O)c(CO)c1. The van der Waals surface area contributed by atoms with E-state index in [0.717, 1.165) is 28.5 Å². The highest BCUT2D eigenvalue weighted by molar-refractivity contribution is 6.30. The van der Waals surface area contributed by atoms with E-state index < -0.39 is 6.10 Å². The summed E-state index contributed by atoms with van der Waals surface area (Å²) in [7, 11) is 1.89. The van der Waals surface area contributed by atoms with E-state index in [1.54, 1.807) is 24.3 Å². The van der Waals surface area contributed by atoms with Gasteiger partial charge in [-0.2, -0.15) is 0 Å². The molecule has 0 saturated heterocycles. The van der Waals surface area contributed by atoms with Crippen LogP contribution in [0.2, 0.25) is 5.02 Å². The van der Waals surface area contributed by atoms with Gasteiger partial charge in [-0.3, -0.25) is 4.79 Å². The number of aromatic nitrogens is 1. The average molecular weight is 522 g/mol. The van der Waals surface area contributed by atoms with Crippen molar-refractivity contribution in [1.29, 1.82) is 0 Å². The molecule has 194 valence electrons. The van der Waals surface area contributed by atoms with Crippen LogP contribution in [0.15, 0.2) is 66.7 Å². The normalized spacial score (nSPS) is 13.0. The van der Waals surface area contributed by atoms with Crippen molar-refractivity contribution in [3.05, 3.63) is 99.7 Å². The Labute approximate surface area is 221 Å². The number of carbonyl (C=O) groups excluding carboxylic acids is 1. The summed E-state index contributed by atoms with van der Waals surface area (Å²) in [6.45, 7) is 2.52. The number of aryl methyl sites for hydroxylation is 1. The molecule has 7 nitrogen and oxygen atoms in total. The van der Waals surface area contributed by atoms with Gasteiger partial charge in [0.05, 0.1) is 12.7 Å². The van der Waals surface area contributed by atoms with Crippen LogP contribution in [0.3, 0.4) is 0 Å². The summed E-state index contributed by atoms with van der Waals surface area (Å²) < 4.78 is 1.90. The molecular formula is C29H32ClN3O4. The van der Waals surface area contributed by atoms with Crippen LogP contribution < -0.4 is 10.6 Å². The Bertz CT molecular complexity index is 1380. The van der Waals surface area contributed by atoms with Crippen LogP contribution in [0.4, 0.5) is 0 Å². The molecule has 0 aliphatic heterocycles. The van der Waals surface area contributed by atoms with Crippen LogP contribution >= 0.6 is 11.6 Å². The minimum atomic E-state index is -0.765. The second-order valence-electron chi connectivity index (χ2n) is 9.37. The van der Waals surface area contributed by atoms with Gasteiger partial charge in [-0.1, -0.05) is 35.9 Å². The minimum absolute atomic E-state index is 0.0123. The molecule has 5 N–H and O–H groups in total. The molecular weight excluding hydrogens is 490 g/mol. The molecule has 1 heterocycles. The molecule has 2 atom stereocenters. The van der Waals surface area contributed by atoms with Gasteiger partial charge < -0.3 is 30.5 Å². The number of amides is 1. The maximum atomic E-state index is 12.8. The maximum Gasteiger partial charge on any atom is 0.268 e. The van der Waals surface area contributed by atoms with E-state index in [4.69, 9.17) is 11.6 Å². The number of carbonyl (C=O) groups is 1. The van der Waals surface area contributed by atoms with Crippen molar-refractivity contribution in [2.24, 2.45) is 7.05 Å². The van der Waals surface area contributed by atoms with Crippen molar-refractivity contribution < 1.29 is 20.1 Å². The number of aromatic hydroxyl groups is 1. The van der Waals surface area contributed by atoms with Crippen LogP contribution in [0.1, 0.15) is 45.8 Å². The van der Waals surface area contributed by atoms with E-state index in [-0.39, 0.29) is 24.3 Å².